The van der Waals surface area contributed by atoms with E-state index < -0.39 is 27.4 Å². The molecule has 1 aromatic heterocycles. The van der Waals surface area contributed by atoms with Gasteiger partial charge in [0.1, 0.15) is 11.9 Å². The number of nitrogens with zero attached hydrogens (tertiary/aromatic N) is 1. The molecule has 2 rings (SSSR count). The third-order valence-electron chi connectivity index (χ3n) is 3.46. The lowest BCUT2D eigenvalue weighted by Gasteiger charge is -2.19. The van der Waals surface area contributed by atoms with Gasteiger partial charge in [-0.05, 0) is 0 Å². The molecule has 0 bridgehead atoms. The van der Waals surface area contributed by atoms with E-state index >= 15 is 0 Å². The van der Waals surface area contributed by atoms with Gasteiger partial charge in [0.15, 0.2) is 0 Å². The molecule has 0 saturated heterocycles. The summed E-state index contributed by atoms with van der Waals surface area (Å²) in [4.78, 5) is 17.8. The van der Waals surface area contributed by atoms with Gasteiger partial charge in [-0.3, -0.25) is 9.52 Å². The van der Waals surface area contributed by atoms with Gasteiger partial charge in [-0.2, -0.15) is 13.8 Å². The van der Waals surface area contributed by atoms with Crippen molar-refractivity contribution in [1.29, 1.82) is 0 Å². The van der Waals surface area contributed by atoms with E-state index in [4.69, 9.17) is 9.47 Å². The van der Waals surface area contributed by atoms with Crippen molar-refractivity contribution in [3.63, 3.8) is 0 Å². The molecule has 0 saturated carbocycles. The number of aromatic amines is 1. The number of aromatic nitrogens is 2. The summed E-state index contributed by atoms with van der Waals surface area (Å²) in [5.41, 5.74) is -0.829. The van der Waals surface area contributed by atoms with E-state index in [1.165, 1.54) is 32.4 Å². The number of para-hydroxylation sites is 1. The highest BCUT2D eigenvalue weighted by Crippen LogP contribution is 2.32. The van der Waals surface area contributed by atoms with Crippen LogP contribution < -0.4 is 15.0 Å². The Morgan fingerprint density at radius 3 is 2.63 bits per heavy atom. The summed E-state index contributed by atoms with van der Waals surface area (Å²) < 4.78 is 60.5. The van der Waals surface area contributed by atoms with Crippen LogP contribution in [0, 0.1) is 0 Å². The molecule has 0 fully saturated rings. The number of ether oxygens (including phenoxy) is 2. The van der Waals surface area contributed by atoms with Gasteiger partial charge in [0, 0.05) is 18.2 Å². The van der Waals surface area contributed by atoms with Crippen LogP contribution in [-0.2, 0) is 21.4 Å². The first-order valence-corrected chi connectivity index (χ1v) is 8.98. The van der Waals surface area contributed by atoms with Crippen LogP contribution in [0.25, 0.3) is 0 Å². The van der Waals surface area contributed by atoms with Crippen LogP contribution >= 0.6 is 0 Å². The predicted octanol–water partition coefficient (Wildman–Crippen LogP) is 0.971. The molecule has 0 radical (unpaired) electrons. The Kier molecular flexibility index (Phi) is 6.46. The van der Waals surface area contributed by atoms with Crippen LogP contribution in [0.1, 0.15) is 23.1 Å². The molecule has 12 heteroatoms. The van der Waals surface area contributed by atoms with Gasteiger partial charge >= 0.3 is 5.76 Å². The van der Waals surface area contributed by atoms with Crippen molar-refractivity contribution in [2.45, 2.75) is 18.5 Å². The molecule has 9 nitrogen and oxygen atoms in total. The van der Waals surface area contributed by atoms with Gasteiger partial charge in [0.05, 0.1) is 25.5 Å². The van der Waals surface area contributed by atoms with Crippen molar-refractivity contribution in [2.75, 3.05) is 18.9 Å². The first-order valence-electron chi connectivity index (χ1n) is 7.43. The number of methoxy groups -OCH3 is 2. The number of alkyl halides is 2. The van der Waals surface area contributed by atoms with E-state index in [-0.39, 0.29) is 35.1 Å². The van der Waals surface area contributed by atoms with Crippen molar-refractivity contribution in [2.24, 2.45) is 0 Å². The number of aliphatic hydroxyl groups is 1. The summed E-state index contributed by atoms with van der Waals surface area (Å²) in [7, 11) is -2.43. The van der Waals surface area contributed by atoms with E-state index in [1.807, 2.05) is 0 Å². The van der Waals surface area contributed by atoms with Gasteiger partial charge in [0.2, 0.25) is 5.88 Å². The second-order valence-electron chi connectivity index (χ2n) is 5.30. The number of aliphatic hydroxyl groups excluding tert-OH is 1. The number of sulfonamides is 1. The smallest absolute Gasteiger partial charge is 0.355 e. The second kappa shape index (κ2) is 8.41. The Morgan fingerprint density at radius 2 is 2.04 bits per heavy atom. The first-order chi connectivity index (χ1) is 12.7. The summed E-state index contributed by atoms with van der Waals surface area (Å²) >= 11 is 0. The average Bonchev–Trinajstić information content (AvgIpc) is 2.61. The lowest BCUT2D eigenvalue weighted by molar-refractivity contribution is 0.184. The lowest BCUT2D eigenvalue weighted by atomic mass is 10.0. The average molecular weight is 405 g/mol. The highest BCUT2D eigenvalue weighted by molar-refractivity contribution is 7.93. The zero-order valence-electron chi connectivity index (χ0n) is 14.3. The number of H-pyrrole nitrogens is 1. The second-order valence-corrected chi connectivity index (χ2v) is 6.95. The van der Waals surface area contributed by atoms with Gasteiger partial charge in [-0.15, -0.1) is 0 Å². The summed E-state index contributed by atoms with van der Waals surface area (Å²) in [5, 5.41) is 10.6. The van der Waals surface area contributed by atoms with Crippen LogP contribution in [0.15, 0.2) is 29.1 Å². The minimum Gasteiger partial charge on any atom is -0.481 e. The van der Waals surface area contributed by atoms with E-state index in [0.29, 0.717) is 0 Å². The number of benzene rings is 1. The van der Waals surface area contributed by atoms with Crippen LogP contribution in [0.4, 0.5) is 14.5 Å². The molecule has 1 aromatic carbocycles. The van der Waals surface area contributed by atoms with Gasteiger partial charge in [-0.25, -0.2) is 8.42 Å². The molecule has 0 amide bonds. The Balaban J connectivity index is 2.60. The minimum atomic E-state index is -5.02. The molecule has 0 aliphatic carbocycles. The topological polar surface area (TPSA) is 131 Å². The number of hydrogen-bond donors (Lipinski definition) is 3. The molecule has 27 heavy (non-hydrogen) atoms. The standard InChI is InChI=1S/C15H17F2N3O6S/c1-25-7-8-4-3-5-9(12(8)20-27(23,24)15(16)17)13(22)14-18-10(21)6-11(19-14)26-2/h3-6,13,15,20,22H,7H2,1-2H3,(H,18,19,21). The molecule has 2 aromatic rings. The highest BCUT2D eigenvalue weighted by Gasteiger charge is 2.28. The molecular weight excluding hydrogens is 388 g/mol. The Bertz CT molecular complexity index is 964. The fourth-order valence-electron chi connectivity index (χ4n) is 2.27. The third-order valence-corrected chi connectivity index (χ3v) is 4.42. The van der Waals surface area contributed by atoms with E-state index in [9.17, 15) is 27.1 Å². The maximum absolute atomic E-state index is 12.8. The van der Waals surface area contributed by atoms with E-state index in [0.717, 1.165) is 6.07 Å². The summed E-state index contributed by atoms with van der Waals surface area (Å²) in [5.74, 6) is -4.03. The van der Waals surface area contributed by atoms with Crippen molar-refractivity contribution < 1.29 is 31.8 Å². The zero-order valence-corrected chi connectivity index (χ0v) is 15.1. The lowest BCUT2D eigenvalue weighted by Crippen LogP contribution is -2.23. The zero-order chi connectivity index (χ0) is 20.2. The summed E-state index contributed by atoms with van der Waals surface area (Å²) in [6.45, 7) is -0.121. The number of rotatable bonds is 8. The third kappa shape index (κ3) is 4.78. The molecule has 0 spiro atoms. The molecule has 148 valence electrons. The molecule has 1 heterocycles. The maximum atomic E-state index is 12.8. The number of nitrogens with one attached hydrogen (secondary N) is 2. The molecule has 1 atom stereocenters. The fourth-order valence-corrected chi connectivity index (χ4v) is 2.89. The van der Waals surface area contributed by atoms with Gasteiger partial charge in [-0.1, -0.05) is 18.2 Å². The molecule has 0 aliphatic rings. The minimum absolute atomic E-state index is 0.0874. The first kappa shape index (κ1) is 20.7. The Labute approximate surface area is 153 Å². The van der Waals surface area contributed by atoms with Crippen LogP contribution in [0.5, 0.6) is 5.88 Å². The molecule has 0 aliphatic heterocycles. The van der Waals surface area contributed by atoms with Gasteiger partial charge in [0.25, 0.3) is 15.6 Å². The highest BCUT2D eigenvalue weighted by atomic mass is 32.2. The molecule has 1 unspecified atom stereocenters. The molecular formula is C15H17F2N3O6S. The molecule has 3 N–H and O–H groups in total. The monoisotopic (exact) mass is 405 g/mol. The largest absolute Gasteiger partial charge is 0.481 e. The summed E-state index contributed by atoms with van der Waals surface area (Å²) in [6.07, 6.45) is -1.64. The maximum Gasteiger partial charge on any atom is 0.355 e. The normalized spacial score (nSPS) is 12.8. The van der Waals surface area contributed by atoms with Crippen molar-refractivity contribution >= 4 is 15.7 Å². The van der Waals surface area contributed by atoms with Crippen molar-refractivity contribution in [3.05, 3.63) is 51.6 Å². The SMILES string of the molecule is COCc1cccc(C(O)c2nc(OC)cc(=O)[nH]2)c1NS(=O)(=O)C(F)F. The van der Waals surface area contributed by atoms with Crippen LogP contribution in [-0.4, -0.2) is 43.5 Å². The van der Waals surface area contributed by atoms with E-state index in [2.05, 4.69) is 9.97 Å². The Hall–Kier alpha value is -2.57. The van der Waals surface area contributed by atoms with Crippen molar-refractivity contribution in [3.8, 4) is 5.88 Å². The van der Waals surface area contributed by atoms with Crippen molar-refractivity contribution in [1.82, 2.24) is 9.97 Å². The van der Waals surface area contributed by atoms with Crippen LogP contribution in [0.2, 0.25) is 0 Å². The fraction of sp³-hybridized carbons (Fsp3) is 0.333. The predicted molar refractivity (Wildman–Crippen MR) is 91.2 cm³/mol. The Morgan fingerprint density at radius 1 is 1.33 bits per heavy atom. The quantitative estimate of drug-likeness (QED) is 0.596. The number of halogens is 2. The number of hydrogen-bond acceptors (Lipinski definition) is 7. The van der Waals surface area contributed by atoms with Gasteiger partial charge < -0.3 is 19.6 Å². The summed E-state index contributed by atoms with van der Waals surface area (Å²) in [6, 6.07) is 5.24. The number of anilines is 1. The van der Waals surface area contributed by atoms with E-state index in [1.54, 1.807) is 4.72 Å². The van der Waals surface area contributed by atoms with Crippen LogP contribution in [0.3, 0.4) is 0 Å².